The minimum absolute atomic E-state index is 0.0948. The summed E-state index contributed by atoms with van der Waals surface area (Å²) in [5.74, 6) is -1.94. The van der Waals surface area contributed by atoms with Gasteiger partial charge in [-0.2, -0.15) is 5.01 Å². The summed E-state index contributed by atoms with van der Waals surface area (Å²) in [5, 5.41) is 2.84. The zero-order chi connectivity index (χ0) is 22.3. The lowest BCUT2D eigenvalue weighted by Gasteiger charge is -2.30. The van der Waals surface area contributed by atoms with Crippen molar-refractivity contribution in [3.63, 3.8) is 0 Å². The SMILES string of the molecule is O=C(c1ccc(Cl)cc1)N(Cc1ccc(Br)cc1)N1C(=O)[C@@H]2C[C@@H](Br)[C@@H](Br)C[C@H]2C1=O. The normalized spacial score (nSPS) is 25.5. The first-order chi connectivity index (χ1) is 14.8. The lowest BCUT2D eigenvalue weighted by atomic mass is 9.81. The van der Waals surface area contributed by atoms with Crippen LogP contribution in [0.2, 0.25) is 5.02 Å². The van der Waals surface area contributed by atoms with Crippen LogP contribution in [0.5, 0.6) is 0 Å². The van der Waals surface area contributed by atoms with Crippen molar-refractivity contribution in [2.24, 2.45) is 11.8 Å². The second kappa shape index (κ2) is 9.33. The first-order valence-corrected chi connectivity index (χ1v) is 12.7. The summed E-state index contributed by atoms with van der Waals surface area (Å²) >= 11 is 16.6. The van der Waals surface area contributed by atoms with Gasteiger partial charge in [0.15, 0.2) is 0 Å². The lowest BCUT2D eigenvalue weighted by Crippen LogP contribution is -2.49. The van der Waals surface area contributed by atoms with E-state index in [-0.39, 0.29) is 28.0 Å². The fourth-order valence-electron chi connectivity index (χ4n) is 4.05. The molecule has 1 aliphatic heterocycles. The van der Waals surface area contributed by atoms with Gasteiger partial charge in [-0.3, -0.25) is 14.4 Å². The van der Waals surface area contributed by atoms with Gasteiger partial charge < -0.3 is 0 Å². The van der Waals surface area contributed by atoms with Gasteiger partial charge in [-0.1, -0.05) is 71.5 Å². The van der Waals surface area contributed by atoms with Gasteiger partial charge in [0, 0.05) is 24.7 Å². The van der Waals surface area contributed by atoms with Crippen LogP contribution in [0.4, 0.5) is 0 Å². The van der Waals surface area contributed by atoms with E-state index < -0.39 is 17.7 Å². The number of amides is 3. The number of fused-ring (bicyclic) bond motifs is 1. The molecule has 2 aromatic rings. The van der Waals surface area contributed by atoms with E-state index in [0.29, 0.717) is 23.4 Å². The number of halogens is 4. The number of benzene rings is 2. The van der Waals surface area contributed by atoms with Crippen LogP contribution in [0, 0.1) is 11.8 Å². The van der Waals surface area contributed by atoms with Crippen molar-refractivity contribution >= 4 is 77.1 Å². The molecule has 3 amide bonds. The third kappa shape index (κ3) is 4.63. The van der Waals surface area contributed by atoms with Crippen molar-refractivity contribution in [3.8, 4) is 0 Å². The first-order valence-electron chi connectivity index (χ1n) is 9.74. The molecular weight excluding hydrogens is 615 g/mol. The molecule has 0 bridgehead atoms. The Morgan fingerprint density at radius 1 is 0.935 bits per heavy atom. The zero-order valence-corrected chi connectivity index (χ0v) is 21.7. The largest absolute Gasteiger partial charge is 0.273 e. The fourth-order valence-corrected chi connectivity index (χ4v) is 5.68. The zero-order valence-electron chi connectivity index (χ0n) is 16.2. The second-order valence-electron chi connectivity index (χ2n) is 7.70. The highest BCUT2D eigenvalue weighted by molar-refractivity contribution is 9.12. The van der Waals surface area contributed by atoms with Crippen LogP contribution in [0.15, 0.2) is 53.0 Å². The van der Waals surface area contributed by atoms with E-state index in [2.05, 4.69) is 47.8 Å². The molecule has 0 N–H and O–H groups in total. The first kappa shape index (κ1) is 23.0. The summed E-state index contributed by atoms with van der Waals surface area (Å²) in [6.07, 6.45) is 1.09. The third-order valence-corrected chi connectivity index (χ3v) is 9.21. The Morgan fingerprint density at radius 3 is 1.97 bits per heavy atom. The van der Waals surface area contributed by atoms with Gasteiger partial charge in [0.2, 0.25) is 0 Å². The number of hydrazine groups is 1. The maximum atomic E-state index is 13.4. The van der Waals surface area contributed by atoms with Crippen LogP contribution in [-0.2, 0) is 16.1 Å². The molecule has 1 aliphatic carbocycles. The molecule has 1 saturated carbocycles. The summed E-state index contributed by atoms with van der Waals surface area (Å²) in [6.45, 7) is 0.0984. The highest BCUT2D eigenvalue weighted by Crippen LogP contribution is 2.44. The monoisotopic (exact) mass is 630 g/mol. The summed E-state index contributed by atoms with van der Waals surface area (Å²) < 4.78 is 0.901. The Balaban J connectivity index is 1.70. The van der Waals surface area contributed by atoms with E-state index in [1.807, 2.05) is 24.3 Å². The molecule has 4 rings (SSSR count). The third-order valence-electron chi connectivity index (χ3n) is 5.70. The summed E-state index contributed by atoms with van der Waals surface area (Å²) in [4.78, 5) is 40.3. The molecule has 31 heavy (non-hydrogen) atoms. The predicted molar refractivity (Wildman–Crippen MR) is 129 cm³/mol. The van der Waals surface area contributed by atoms with Crippen LogP contribution in [0.3, 0.4) is 0 Å². The Bertz CT molecular complexity index is 988. The van der Waals surface area contributed by atoms with Gasteiger partial charge >= 0.3 is 0 Å². The number of carbonyl (C=O) groups excluding carboxylic acids is 3. The number of alkyl halides is 2. The Labute approximate surface area is 210 Å². The molecule has 0 radical (unpaired) electrons. The van der Waals surface area contributed by atoms with E-state index >= 15 is 0 Å². The van der Waals surface area contributed by atoms with Crippen LogP contribution in [0.1, 0.15) is 28.8 Å². The maximum absolute atomic E-state index is 13.4. The quantitative estimate of drug-likeness (QED) is 0.327. The second-order valence-corrected chi connectivity index (χ2v) is 11.4. The highest BCUT2D eigenvalue weighted by atomic mass is 79.9. The van der Waals surface area contributed by atoms with Crippen LogP contribution in [-0.4, -0.2) is 37.4 Å². The molecule has 2 aromatic carbocycles. The van der Waals surface area contributed by atoms with Crippen molar-refractivity contribution in [1.29, 1.82) is 0 Å². The number of rotatable bonds is 4. The summed E-state index contributed by atoms with van der Waals surface area (Å²) in [5.41, 5.74) is 1.16. The Kier molecular flexibility index (Phi) is 6.91. The molecule has 9 heteroatoms. The smallest absolute Gasteiger partial charge is 0.272 e. The van der Waals surface area contributed by atoms with E-state index in [0.717, 1.165) is 15.0 Å². The van der Waals surface area contributed by atoms with Gasteiger partial charge in [-0.05, 0) is 54.8 Å². The number of hydrogen-bond donors (Lipinski definition) is 0. The standard InChI is InChI=1S/C22H18Br3ClN2O3/c23-14-5-1-12(2-6-14)11-27(20(29)13-3-7-15(26)8-4-13)28-21(30)16-9-18(24)19(25)10-17(16)22(28)31/h1-8,16-19H,9-11H2/t16-,17-,18-,19+/m1/s1. The molecule has 2 fully saturated rings. The summed E-state index contributed by atoms with van der Waals surface area (Å²) in [7, 11) is 0. The van der Waals surface area contributed by atoms with Crippen molar-refractivity contribution in [1.82, 2.24) is 10.0 Å². The van der Waals surface area contributed by atoms with Gasteiger partial charge in [0.1, 0.15) is 0 Å². The van der Waals surface area contributed by atoms with Crippen LogP contribution >= 0.6 is 59.4 Å². The van der Waals surface area contributed by atoms with Gasteiger partial charge in [-0.25, -0.2) is 5.01 Å². The molecule has 1 saturated heterocycles. The van der Waals surface area contributed by atoms with Crippen molar-refractivity contribution < 1.29 is 14.4 Å². The number of imide groups is 1. The molecule has 5 nitrogen and oxygen atoms in total. The Hall–Kier alpha value is -1.22. The molecule has 0 spiro atoms. The van der Waals surface area contributed by atoms with Crippen molar-refractivity contribution in [3.05, 3.63) is 69.2 Å². The van der Waals surface area contributed by atoms with Gasteiger partial charge in [0.25, 0.3) is 17.7 Å². The van der Waals surface area contributed by atoms with Gasteiger partial charge in [-0.15, -0.1) is 0 Å². The minimum atomic E-state index is -0.434. The average Bonchev–Trinajstić information content (AvgIpc) is 2.98. The molecule has 2 aliphatic rings. The molecule has 0 unspecified atom stereocenters. The average molecular weight is 634 g/mol. The van der Waals surface area contributed by atoms with E-state index in [9.17, 15) is 14.4 Å². The van der Waals surface area contributed by atoms with Crippen LogP contribution in [0.25, 0.3) is 0 Å². The molecule has 1 heterocycles. The number of carbonyl (C=O) groups is 3. The molecular formula is C22H18Br3ClN2O3. The van der Waals surface area contributed by atoms with Gasteiger partial charge in [0.05, 0.1) is 18.4 Å². The molecule has 0 aromatic heterocycles. The molecule has 162 valence electrons. The lowest BCUT2D eigenvalue weighted by molar-refractivity contribution is -0.155. The number of nitrogens with zero attached hydrogens (tertiary/aromatic N) is 2. The number of hydrogen-bond acceptors (Lipinski definition) is 3. The van der Waals surface area contributed by atoms with Crippen LogP contribution < -0.4 is 0 Å². The summed E-state index contributed by atoms with van der Waals surface area (Å²) in [6, 6.07) is 13.9. The van der Waals surface area contributed by atoms with Crippen molar-refractivity contribution in [2.45, 2.75) is 29.0 Å². The van der Waals surface area contributed by atoms with E-state index in [1.54, 1.807) is 24.3 Å². The maximum Gasteiger partial charge on any atom is 0.273 e. The van der Waals surface area contributed by atoms with Crippen molar-refractivity contribution in [2.75, 3.05) is 0 Å². The fraction of sp³-hybridized carbons (Fsp3) is 0.318. The highest BCUT2D eigenvalue weighted by Gasteiger charge is 2.54. The van der Waals surface area contributed by atoms with E-state index in [1.165, 1.54) is 5.01 Å². The molecule has 4 atom stereocenters. The van der Waals surface area contributed by atoms with E-state index in [4.69, 9.17) is 11.6 Å². The topological polar surface area (TPSA) is 57.7 Å². The minimum Gasteiger partial charge on any atom is -0.272 e. The predicted octanol–water partition coefficient (Wildman–Crippen LogP) is 5.58. The Morgan fingerprint density at radius 2 is 1.45 bits per heavy atom.